The number of aromatic nitrogens is 2. The Kier molecular flexibility index (Phi) is 5.27. The van der Waals surface area contributed by atoms with Crippen LogP contribution in [0.4, 0.5) is 5.13 Å². The summed E-state index contributed by atoms with van der Waals surface area (Å²) in [6.07, 6.45) is 5.38. The third kappa shape index (κ3) is 3.97. The Hall–Kier alpha value is -1.62. The Labute approximate surface area is 138 Å². The molecule has 0 saturated carbocycles. The topological polar surface area (TPSA) is 64.8 Å². The van der Waals surface area contributed by atoms with E-state index in [9.17, 15) is 5.26 Å². The zero-order valence-corrected chi connectivity index (χ0v) is 13.8. The van der Waals surface area contributed by atoms with E-state index in [1.165, 1.54) is 49.1 Å². The van der Waals surface area contributed by atoms with Crippen LogP contribution in [0.3, 0.4) is 0 Å². The summed E-state index contributed by atoms with van der Waals surface area (Å²) in [4.78, 5) is 7.52. The largest absolute Gasteiger partial charge is 0.300 e. The fraction of sp³-hybridized carbons (Fsp3) is 0.400. The van der Waals surface area contributed by atoms with Gasteiger partial charge in [0.05, 0.1) is 11.6 Å². The highest BCUT2D eigenvalue weighted by Crippen LogP contribution is 2.25. The molecular formula is C15H17N5S2. The molecule has 1 aliphatic heterocycles. The van der Waals surface area contributed by atoms with Crippen LogP contribution in [0, 0.1) is 11.3 Å². The highest BCUT2D eigenvalue weighted by molar-refractivity contribution is 8.00. The number of nitrogens with one attached hydrogen (secondary N) is 1. The van der Waals surface area contributed by atoms with Crippen LogP contribution in [-0.4, -0.2) is 27.3 Å². The first kappa shape index (κ1) is 15.3. The van der Waals surface area contributed by atoms with Crippen LogP contribution in [0.1, 0.15) is 30.4 Å². The summed E-state index contributed by atoms with van der Waals surface area (Å²) >= 11 is 2.77. The molecule has 1 N–H and O–H groups in total. The number of anilines is 1. The summed E-state index contributed by atoms with van der Waals surface area (Å²) in [6, 6.07) is 8.39. The molecule has 2 heterocycles. The summed E-state index contributed by atoms with van der Waals surface area (Å²) in [5.74, 6) is 0. The van der Waals surface area contributed by atoms with E-state index in [0.717, 1.165) is 40.8 Å². The van der Waals surface area contributed by atoms with Crippen molar-refractivity contribution in [2.45, 2.75) is 30.7 Å². The highest BCUT2D eigenvalue weighted by atomic mass is 32.2. The van der Waals surface area contributed by atoms with E-state index >= 15 is 0 Å². The summed E-state index contributed by atoms with van der Waals surface area (Å²) < 4.78 is 7.08. The number of hydrogen-bond donors (Lipinski definition) is 1. The number of rotatable bonds is 5. The van der Waals surface area contributed by atoms with Crippen molar-refractivity contribution >= 4 is 28.6 Å². The first-order valence-electron chi connectivity index (χ1n) is 7.30. The number of nitriles is 1. The molecule has 0 spiro atoms. The second-order valence-electron chi connectivity index (χ2n) is 5.22. The van der Waals surface area contributed by atoms with Crippen LogP contribution >= 0.6 is 23.5 Å². The standard InChI is InChI=1S/C15H17N5S2/c16-9-13-8-14(21-19-15-17-11-18-22-15)5-4-12(13)10-20-6-2-1-3-7-20/h4-5,8,11H,1-3,6-7,10H2,(H,17,18,19). The minimum atomic E-state index is 0.759. The van der Waals surface area contributed by atoms with Crippen LogP contribution < -0.4 is 4.72 Å². The van der Waals surface area contributed by atoms with Gasteiger partial charge in [0.1, 0.15) is 6.33 Å². The number of likely N-dealkylation sites (tertiary alicyclic amines) is 1. The highest BCUT2D eigenvalue weighted by Gasteiger charge is 2.13. The lowest BCUT2D eigenvalue weighted by Crippen LogP contribution is -2.29. The predicted molar refractivity (Wildman–Crippen MR) is 89.7 cm³/mol. The third-order valence-electron chi connectivity index (χ3n) is 3.66. The van der Waals surface area contributed by atoms with E-state index in [2.05, 4.69) is 37.2 Å². The SMILES string of the molecule is N#Cc1cc(SNc2ncns2)ccc1CN1CCCCC1. The van der Waals surface area contributed by atoms with E-state index in [0.29, 0.717) is 0 Å². The minimum absolute atomic E-state index is 0.759. The van der Waals surface area contributed by atoms with Crippen LogP contribution in [-0.2, 0) is 6.54 Å². The molecule has 0 atom stereocenters. The van der Waals surface area contributed by atoms with Crippen molar-refractivity contribution in [3.05, 3.63) is 35.7 Å². The fourth-order valence-electron chi connectivity index (χ4n) is 2.54. The van der Waals surface area contributed by atoms with Crippen molar-refractivity contribution in [2.75, 3.05) is 17.8 Å². The number of nitrogens with zero attached hydrogens (tertiary/aromatic N) is 4. The molecule has 3 rings (SSSR count). The Bertz CT molecular complexity index is 644. The van der Waals surface area contributed by atoms with Gasteiger partial charge in [-0.1, -0.05) is 12.5 Å². The quantitative estimate of drug-likeness (QED) is 0.846. The van der Waals surface area contributed by atoms with Crippen LogP contribution in [0.25, 0.3) is 0 Å². The maximum atomic E-state index is 9.41. The van der Waals surface area contributed by atoms with Gasteiger partial charge in [0, 0.05) is 23.0 Å². The lowest BCUT2D eigenvalue weighted by Gasteiger charge is -2.26. The van der Waals surface area contributed by atoms with E-state index in [1.807, 2.05) is 6.07 Å². The monoisotopic (exact) mass is 331 g/mol. The summed E-state index contributed by atoms with van der Waals surface area (Å²) in [5, 5.41) is 10.2. The summed E-state index contributed by atoms with van der Waals surface area (Å²) in [7, 11) is 0. The molecule has 0 bridgehead atoms. The van der Waals surface area contributed by atoms with Crippen molar-refractivity contribution in [3.8, 4) is 6.07 Å². The normalized spacial score (nSPS) is 15.4. The Balaban J connectivity index is 1.66. The van der Waals surface area contributed by atoms with Gasteiger partial charge in [0.25, 0.3) is 0 Å². The lowest BCUT2D eigenvalue weighted by atomic mass is 10.1. The smallest absolute Gasteiger partial charge is 0.212 e. The molecule has 0 aliphatic carbocycles. The van der Waals surface area contributed by atoms with Crippen molar-refractivity contribution in [3.63, 3.8) is 0 Å². The molecule has 0 amide bonds. The van der Waals surface area contributed by atoms with E-state index in [1.54, 1.807) is 0 Å². The van der Waals surface area contributed by atoms with Gasteiger partial charge in [0.2, 0.25) is 5.13 Å². The van der Waals surface area contributed by atoms with Crippen LogP contribution in [0.5, 0.6) is 0 Å². The number of hydrogen-bond acceptors (Lipinski definition) is 7. The number of piperidine rings is 1. The third-order valence-corrected chi connectivity index (χ3v) is 5.16. The summed E-state index contributed by atoms with van der Waals surface area (Å²) in [6.45, 7) is 3.15. The van der Waals surface area contributed by atoms with Gasteiger partial charge in [-0.2, -0.15) is 9.64 Å². The van der Waals surface area contributed by atoms with Gasteiger partial charge in [-0.15, -0.1) is 0 Å². The molecule has 1 aromatic carbocycles. The molecule has 22 heavy (non-hydrogen) atoms. The van der Waals surface area contributed by atoms with E-state index < -0.39 is 0 Å². The molecular weight excluding hydrogens is 314 g/mol. The van der Waals surface area contributed by atoms with Crippen molar-refractivity contribution < 1.29 is 0 Å². The number of benzene rings is 1. The van der Waals surface area contributed by atoms with Gasteiger partial charge in [-0.05, 0) is 55.6 Å². The summed E-state index contributed by atoms with van der Waals surface area (Å²) in [5.41, 5.74) is 1.87. The molecule has 1 aromatic heterocycles. The van der Waals surface area contributed by atoms with Crippen molar-refractivity contribution in [1.29, 1.82) is 5.26 Å². The molecule has 2 aromatic rings. The zero-order chi connectivity index (χ0) is 15.2. The maximum absolute atomic E-state index is 9.41. The van der Waals surface area contributed by atoms with Gasteiger partial charge in [-0.25, -0.2) is 4.98 Å². The minimum Gasteiger partial charge on any atom is -0.300 e. The molecule has 1 aliphatic rings. The molecule has 0 radical (unpaired) electrons. The average molecular weight is 331 g/mol. The Morgan fingerprint density at radius 2 is 2.18 bits per heavy atom. The lowest BCUT2D eigenvalue weighted by molar-refractivity contribution is 0.220. The second kappa shape index (κ2) is 7.58. The molecule has 5 nitrogen and oxygen atoms in total. The van der Waals surface area contributed by atoms with E-state index in [4.69, 9.17) is 0 Å². The van der Waals surface area contributed by atoms with Crippen molar-refractivity contribution in [2.24, 2.45) is 0 Å². The van der Waals surface area contributed by atoms with Gasteiger partial charge >= 0.3 is 0 Å². The van der Waals surface area contributed by atoms with Gasteiger partial charge < -0.3 is 4.72 Å². The Morgan fingerprint density at radius 3 is 2.91 bits per heavy atom. The van der Waals surface area contributed by atoms with Crippen LogP contribution in [0.15, 0.2) is 29.4 Å². The molecule has 7 heteroatoms. The molecule has 114 valence electrons. The van der Waals surface area contributed by atoms with Gasteiger partial charge in [0.15, 0.2) is 0 Å². The van der Waals surface area contributed by atoms with Crippen molar-refractivity contribution in [1.82, 2.24) is 14.3 Å². The Morgan fingerprint density at radius 1 is 1.32 bits per heavy atom. The molecule has 1 fully saturated rings. The average Bonchev–Trinajstić information content (AvgIpc) is 3.08. The van der Waals surface area contributed by atoms with Gasteiger partial charge in [-0.3, -0.25) is 4.90 Å². The fourth-order valence-corrected chi connectivity index (χ4v) is 3.67. The molecule has 0 unspecified atom stereocenters. The molecule has 1 saturated heterocycles. The second-order valence-corrected chi connectivity index (χ2v) is 6.88. The predicted octanol–water partition coefficient (Wildman–Crippen LogP) is 3.51. The van der Waals surface area contributed by atoms with E-state index in [-0.39, 0.29) is 0 Å². The first-order valence-corrected chi connectivity index (χ1v) is 8.89. The first-order chi connectivity index (χ1) is 10.8. The maximum Gasteiger partial charge on any atom is 0.212 e. The van der Waals surface area contributed by atoms with Crippen LogP contribution in [0.2, 0.25) is 0 Å². The zero-order valence-electron chi connectivity index (χ0n) is 12.2.